The number of carbonyl (C=O) groups is 3. The standard InChI is InChI=1S/C34H48O10Si/c1-9-45(10-2,11-3)44-23-17-24-33(19-40-24,42-21(5)36)27-29(41-30(38)22-15-13-12-14-16-22)34(39)31(6,7)25(20(4)18-35)26(43-34)28(37)32(23,27)8/h12-16,23-24,26-27,29,35,39H,9-11,17-19H2,1-8H3/b25-20-/t23-,24+,26+,27?,29-,32+,33-,34+/m0/s1. The molecule has 1 aromatic carbocycles. The maximum atomic E-state index is 15.2. The molecule has 1 saturated carbocycles. The summed E-state index contributed by atoms with van der Waals surface area (Å²) in [6, 6.07) is 10.9. The maximum Gasteiger partial charge on any atom is 0.338 e. The molecular formula is C34H48O10Si. The third-order valence-corrected chi connectivity index (χ3v) is 16.2. The number of esters is 2. The van der Waals surface area contributed by atoms with Gasteiger partial charge >= 0.3 is 11.9 Å². The number of hydrogen-bond acceptors (Lipinski definition) is 10. The van der Waals surface area contributed by atoms with E-state index in [-0.39, 0.29) is 31.0 Å². The molecule has 3 heterocycles. The topological polar surface area (TPSA) is 138 Å². The molecule has 0 amide bonds. The predicted octanol–water partition coefficient (Wildman–Crippen LogP) is 4.33. The number of ketones is 1. The number of rotatable bonds is 9. The molecule has 1 unspecified atom stereocenters. The Labute approximate surface area is 266 Å². The zero-order chi connectivity index (χ0) is 33.2. The highest BCUT2D eigenvalue weighted by molar-refractivity contribution is 6.73. The third kappa shape index (κ3) is 4.79. The second-order valence-electron chi connectivity index (χ2n) is 13.9. The number of Topliss-reactive ketones (excluding diaryl/α,β-unsaturated/α-hetero) is 1. The Morgan fingerprint density at radius 1 is 1.04 bits per heavy atom. The summed E-state index contributed by atoms with van der Waals surface area (Å²) in [5.41, 5.74) is -2.99. The molecule has 3 aliphatic heterocycles. The first-order valence-electron chi connectivity index (χ1n) is 16.1. The summed E-state index contributed by atoms with van der Waals surface area (Å²) in [4.78, 5) is 41.9. The van der Waals surface area contributed by atoms with Gasteiger partial charge in [-0.05, 0) is 55.3 Å². The third-order valence-electron chi connectivity index (χ3n) is 11.5. The van der Waals surface area contributed by atoms with Crippen LogP contribution in [0.3, 0.4) is 0 Å². The number of hydrogen-bond donors (Lipinski definition) is 2. The van der Waals surface area contributed by atoms with Crippen LogP contribution in [0.1, 0.15) is 72.2 Å². The van der Waals surface area contributed by atoms with Crippen LogP contribution >= 0.6 is 0 Å². The van der Waals surface area contributed by atoms with Crippen molar-refractivity contribution in [2.45, 2.75) is 116 Å². The van der Waals surface area contributed by atoms with Gasteiger partial charge in [-0.25, -0.2) is 4.79 Å². The van der Waals surface area contributed by atoms with E-state index in [0.717, 1.165) is 18.1 Å². The first-order valence-corrected chi connectivity index (χ1v) is 18.7. The van der Waals surface area contributed by atoms with Crippen LogP contribution in [0.25, 0.3) is 0 Å². The largest absolute Gasteiger partial charge is 0.453 e. The zero-order valence-electron chi connectivity index (χ0n) is 27.7. The Morgan fingerprint density at radius 3 is 2.18 bits per heavy atom. The Balaban J connectivity index is 1.80. The van der Waals surface area contributed by atoms with Gasteiger partial charge in [-0.1, -0.05) is 52.8 Å². The number of carbonyl (C=O) groups excluding carboxylic acids is 3. The molecule has 2 bridgehead atoms. The van der Waals surface area contributed by atoms with Crippen molar-refractivity contribution >= 4 is 26.0 Å². The normalized spacial score (nSPS) is 37.9. The van der Waals surface area contributed by atoms with Gasteiger partial charge in [0.1, 0.15) is 12.2 Å². The van der Waals surface area contributed by atoms with Gasteiger partial charge in [-0.15, -0.1) is 0 Å². The lowest BCUT2D eigenvalue weighted by molar-refractivity contribution is -0.355. The van der Waals surface area contributed by atoms with E-state index in [0.29, 0.717) is 11.1 Å². The van der Waals surface area contributed by atoms with Crippen LogP contribution in [0.15, 0.2) is 41.5 Å². The molecule has 0 radical (unpaired) electrons. The summed E-state index contributed by atoms with van der Waals surface area (Å²) >= 11 is 0. The molecule has 248 valence electrons. The summed E-state index contributed by atoms with van der Waals surface area (Å²) in [5.74, 6) is -5.02. The monoisotopic (exact) mass is 644 g/mol. The second kappa shape index (κ2) is 11.7. The number of fused-ring (bicyclic) bond motifs is 5. The fourth-order valence-electron chi connectivity index (χ4n) is 8.62. The van der Waals surface area contributed by atoms with E-state index in [4.69, 9.17) is 23.4 Å². The number of ether oxygens (including phenoxy) is 4. The van der Waals surface area contributed by atoms with Gasteiger partial charge in [0.25, 0.3) is 0 Å². The summed E-state index contributed by atoms with van der Waals surface area (Å²) in [7, 11) is -2.36. The fraction of sp³-hybridized carbons (Fsp3) is 0.676. The van der Waals surface area contributed by atoms with E-state index in [9.17, 15) is 19.8 Å². The molecule has 5 rings (SSSR count). The van der Waals surface area contributed by atoms with Crippen LogP contribution in [-0.2, 0) is 33.0 Å². The lowest BCUT2D eigenvalue weighted by Crippen LogP contribution is -2.80. The van der Waals surface area contributed by atoms with E-state index in [1.807, 2.05) is 0 Å². The Hall–Kier alpha value is -2.41. The van der Waals surface area contributed by atoms with Gasteiger partial charge in [-0.3, -0.25) is 9.59 Å². The molecule has 4 fully saturated rings. The molecule has 1 aromatic rings. The predicted molar refractivity (Wildman–Crippen MR) is 167 cm³/mol. The van der Waals surface area contributed by atoms with Crippen molar-refractivity contribution in [2.75, 3.05) is 13.2 Å². The van der Waals surface area contributed by atoms with Crippen LogP contribution < -0.4 is 0 Å². The number of benzene rings is 1. The van der Waals surface area contributed by atoms with Gasteiger partial charge in [0.05, 0.1) is 36.2 Å². The minimum Gasteiger partial charge on any atom is -0.453 e. The van der Waals surface area contributed by atoms with E-state index in [1.165, 1.54) is 6.92 Å². The lowest BCUT2D eigenvalue weighted by atomic mass is 9.49. The van der Waals surface area contributed by atoms with E-state index in [2.05, 4.69) is 20.8 Å². The SMILES string of the molecule is CC[Si](CC)(CC)O[C@H]1C[C@H]2OC[C@@]2(OC(C)=O)C2[C@H](OC(=O)c3ccccc3)[C@@]3(O)O[C@@H](C(=O)[C@@]21C)/C(=C(\C)CO)C3(C)C. The molecular weight excluding hydrogens is 596 g/mol. The average Bonchev–Trinajstić information content (AvgIpc) is 3.19. The Bertz CT molecular complexity index is 1360. The average molecular weight is 645 g/mol. The number of aliphatic hydroxyl groups is 2. The maximum absolute atomic E-state index is 15.2. The minimum absolute atomic E-state index is 0.0473. The molecule has 3 saturated heterocycles. The summed E-state index contributed by atoms with van der Waals surface area (Å²) < 4.78 is 32.1. The smallest absolute Gasteiger partial charge is 0.338 e. The van der Waals surface area contributed by atoms with Crippen molar-refractivity contribution in [2.24, 2.45) is 16.7 Å². The van der Waals surface area contributed by atoms with Crippen LogP contribution in [0.4, 0.5) is 0 Å². The highest BCUT2D eigenvalue weighted by Gasteiger charge is 2.81. The van der Waals surface area contributed by atoms with Gasteiger partial charge in [0, 0.05) is 18.8 Å². The molecule has 4 aliphatic rings. The van der Waals surface area contributed by atoms with Crippen LogP contribution in [-0.4, -0.2) is 85.3 Å². The van der Waals surface area contributed by atoms with Crippen molar-refractivity contribution in [1.82, 2.24) is 0 Å². The van der Waals surface area contributed by atoms with E-state index in [1.54, 1.807) is 58.0 Å². The van der Waals surface area contributed by atoms with Crippen LogP contribution in [0.5, 0.6) is 0 Å². The van der Waals surface area contributed by atoms with Gasteiger partial charge in [-0.2, -0.15) is 0 Å². The van der Waals surface area contributed by atoms with Crippen molar-refractivity contribution in [3.63, 3.8) is 0 Å². The molecule has 2 N–H and O–H groups in total. The highest BCUT2D eigenvalue weighted by Crippen LogP contribution is 2.66. The van der Waals surface area contributed by atoms with Gasteiger partial charge < -0.3 is 33.6 Å². The zero-order valence-corrected chi connectivity index (χ0v) is 28.7. The minimum atomic E-state index is -2.36. The molecule has 1 aliphatic carbocycles. The van der Waals surface area contributed by atoms with Crippen molar-refractivity contribution < 1.29 is 48.0 Å². The molecule has 45 heavy (non-hydrogen) atoms. The molecule has 11 heteroatoms. The molecule has 10 nitrogen and oxygen atoms in total. The van der Waals surface area contributed by atoms with Crippen molar-refractivity contribution in [3.05, 3.63) is 47.0 Å². The molecule has 0 spiro atoms. The van der Waals surface area contributed by atoms with Crippen molar-refractivity contribution in [3.8, 4) is 0 Å². The molecule has 0 aromatic heterocycles. The van der Waals surface area contributed by atoms with Crippen molar-refractivity contribution in [1.29, 1.82) is 0 Å². The first-order chi connectivity index (χ1) is 21.1. The fourth-order valence-corrected chi connectivity index (χ4v) is 11.6. The number of aliphatic hydroxyl groups excluding tert-OH is 1. The Kier molecular flexibility index (Phi) is 8.81. The Morgan fingerprint density at radius 2 is 1.67 bits per heavy atom. The summed E-state index contributed by atoms with van der Waals surface area (Å²) in [5, 5.41) is 23.1. The quantitative estimate of drug-likeness (QED) is 0.227. The summed E-state index contributed by atoms with van der Waals surface area (Å²) in [6.45, 7) is 14.1. The van der Waals surface area contributed by atoms with Gasteiger partial charge in [0.15, 0.2) is 25.8 Å². The second-order valence-corrected chi connectivity index (χ2v) is 18.6. The highest BCUT2D eigenvalue weighted by atomic mass is 28.4. The summed E-state index contributed by atoms with van der Waals surface area (Å²) in [6.07, 6.45) is -3.86. The van der Waals surface area contributed by atoms with E-state index < -0.39 is 72.8 Å². The first kappa shape index (κ1) is 33.9. The van der Waals surface area contributed by atoms with Crippen LogP contribution in [0, 0.1) is 16.7 Å². The van der Waals surface area contributed by atoms with Gasteiger partial charge in [0.2, 0.25) is 5.79 Å². The molecule has 8 atom stereocenters. The van der Waals surface area contributed by atoms with Crippen LogP contribution in [0.2, 0.25) is 18.1 Å². The van der Waals surface area contributed by atoms with E-state index >= 15 is 4.79 Å². The lowest BCUT2D eigenvalue weighted by Gasteiger charge is -2.65.